The van der Waals surface area contributed by atoms with Gasteiger partial charge in [-0.15, -0.1) is 11.6 Å². The summed E-state index contributed by atoms with van der Waals surface area (Å²) >= 11 is 5.54. The summed E-state index contributed by atoms with van der Waals surface area (Å²) < 4.78 is 4.35. The Kier molecular flexibility index (Phi) is 5.24. The number of carbonyl (C=O) groups excluding carboxylic acids is 1. The number of rotatable bonds is 4. The van der Waals surface area contributed by atoms with Gasteiger partial charge in [-0.05, 0) is 6.42 Å². The van der Waals surface area contributed by atoms with Gasteiger partial charge in [0.1, 0.15) is 0 Å². The zero-order valence-electron chi connectivity index (χ0n) is 6.71. The van der Waals surface area contributed by atoms with Crippen LogP contribution >= 0.6 is 11.6 Å². The Labute approximate surface area is 71.3 Å². The number of halogens is 1. The summed E-state index contributed by atoms with van der Waals surface area (Å²) in [5.41, 5.74) is 0. The van der Waals surface area contributed by atoms with Crippen LogP contribution in [0, 0.1) is 0 Å². The second-order valence-corrected chi connectivity index (χ2v) is 2.75. The Morgan fingerprint density at radius 1 is 1.73 bits per heavy atom. The monoisotopic (exact) mass is 180 g/mol. The van der Waals surface area contributed by atoms with Crippen LogP contribution in [0.1, 0.15) is 19.8 Å². The first-order valence-electron chi connectivity index (χ1n) is 3.53. The number of carbonyl (C=O) groups is 1. The normalized spacial score (nSPS) is 15.6. The Hall–Kier alpha value is -0.280. The first-order valence-corrected chi connectivity index (χ1v) is 3.97. The van der Waals surface area contributed by atoms with E-state index in [2.05, 4.69) is 4.74 Å². The van der Waals surface area contributed by atoms with Crippen LogP contribution in [0.4, 0.5) is 0 Å². The summed E-state index contributed by atoms with van der Waals surface area (Å²) in [6, 6.07) is 0. The van der Waals surface area contributed by atoms with Crippen molar-refractivity contribution in [3.05, 3.63) is 0 Å². The van der Waals surface area contributed by atoms with E-state index in [4.69, 9.17) is 11.6 Å². The van der Waals surface area contributed by atoms with Crippen molar-refractivity contribution in [1.29, 1.82) is 0 Å². The van der Waals surface area contributed by atoms with E-state index in [1.165, 1.54) is 7.11 Å². The molecule has 0 bridgehead atoms. The minimum Gasteiger partial charge on any atom is -0.468 e. The van der Waals surface area contributed by atoms with Crippen LogP contribution in [0.3, 0.4) is 0 Å². The molecule has 11 heavy (non-hydrogen) atoms. The predicted molar refractivity (Wildman–Crippen MR) is 42.6 cm³/mol. The molecule has 1 N–H and O–H groups in total. The molecule has 66 valence electrons. The highest BCUT2D eigenvalue weighted by Gasteiger charge is 2.23. The van der Waals surface area contributed by atoms with Crippen LogP contribution < -0.4 is 0 Å². The molecule has 0 saturated carbocycles. The molecule has 4 heteroatoms. The second kappa shape index (κ2) is 5.38. The lowest BCUT2D eigenvalue weighted by atomic mass is 10.1. The summed E-state index contributed by atoms with van der Waals surface area (Å²) in [5.74, 6) is -0.576. The topological polar surface area (TPSA) is 46.5 Å². The molecule has 0 saturated heterocycles. The fourth-order valence-electron chi connectivity index (χ4n) is 0.712. The van der Waals surface area contributed by atoms with Gasteiger partial charge < -0.3 is 9.84 Å². The van der Waals surface area contributed by atoms with Crippen LogP contribution in [-0.4, -0.2) is 29.7 Å². The molecule has 0 aliphatic heterocycles. The van der Waals surface area contributed by atoms with Crippen LogP contribution in [0.5, 0.6) is 0 Å². The summed E-state index contributed by atoms with van der Waals surface area (Å²) in [4.78, 5) is 10.7. The Morgan fingerprint density at radius 2 is 2.27 bits per heavy atom. The third-order valence-corrected chi connectivity index (χ3v) is 1.82. The number of esters is 1. The minimum atomic E-state index is -0.931. The molecule has 0 aromatic rings. The van der Waals surface area contributed by atoms with E-state index < -0.39 is 17.5 Å². The lowest BCUT2D eigenvalue weighted by molar-refractivity contribution is -0.142. The van der Waals surface area contributed by atoms with E-state index >= 15 is 0 Å². The highest BCUT2D eigenvalue weighted by atomic mass is 35.5. The Bertz CT molecular complexity index is 127. The van der Waals surface area contributed by atoms with Gasteiger partial charge in [0.25, 0.3) is 0 Å². The van der Waals surface area contributed by atoms with Gasteiger partial charge in [0, 0.05) is 0 Å². The molecule has 0 rings (SSSR count). The number of ether oxygens (including phenoxy) is 1. The molecule has 3 nitrogen and oxygen atoms in total. The maximum Gasteiger partial charge on any atom is 0.326 e. The second-order valence-electron chi connectivity index (χ2n) is 2.28. The number of methoxy groups -OCH3 is 1. The SMILES string of the molecule is CCC[C@@H](O)[C@@H](Cl)C(=O)OC. The molecule has 0 spiro atoms. The summed E-state index contributed by atoms with van der Waals surface area (Å²) in [7, 11) is 1.25. The number of alkyl halides is 1. The van der Waals surface area contributed by atoms with Gasteiger partial charge in [0.05, 0.1) is 13.2 Å². The zero-order chi connectivity index (χ0) is 8.85. The van der Waals surface area contributed by atoms with E-state index in [1.54, 1.807) is 0 Å². The molecule has 0 aliphatic carbocycles. The molecule has 0 aromatic heterocycles. The zero-order valence-corrected chi connectivity index (χ0v) is 7.47. The van der Waals surface area contributed by atoms with Crippen molar-refractivity contribution < 1.29 is 14.6 Å². The van der Waals surface area contributed by atoms with Gasteiger partial charge in [-0.2, -0.15) is 0 Å². The molecular formula is C7H13ClO3. The predicted octanol–water partition coefficient (Wildman–Crippen LogP) is 0.928. The third-order valence-electron chi connectivity index (χ3n) is 1.35. The average molecular weight is 181 g/mol. The number of hydrogen-bond donors (Lipinski definition) is 1. The van der Waals surface area contributed by atoms with Crippen molar-refractivity contribution in [3.8, 4) is 0 Å². The van der Waals surface area contributed by atoms with Crippen molar-refractivity contribution in [2.24, 2.45) is 0 Å². The Morgan fingerprint density at radius 3 is 2.64 bits per heavy atom. The van der Waals surface area contributed by atoms with Gasteiger partial charge in [0.15, 0.2) is 5.38 Å². The highest BCUT2D eigenvalue weighted by Crippen LogP contribution is 2.09. The van der Waals surface area contributed by atoms with Crippen molar-refractivity contribution >= 4 is 17.6 Å². The van der Waals surface area contributed by atoms with Crippen LogP contribution in [0.25, 0.3) is 0 Å². The highest BCUT2D eigenvalue weighted by molar-refractivity contribution is 6.30. The molecule has 0 radical (unpaired) electrons. The average Bonchev–Trinajstić information content (AvgIpc) is 2.02. The molecule has 2 atom stereocenters. The van der Waals surface area contributed by atoms with Gasteiger partial charge in [-0.1, -0.05) is 13.3 Å². The van der Waals surface area contributed by atoms with E-state index in [-0.39, 0.29) is 0 Å². The van der Waals surface area contributed by atoms with Gasteiger partial charge in [-0.25, -0.2) is 0 Å². The van der Waals surface area contributed by atoms with E-state index in [1.807, 2.05) is 6.92 Å². The maximum atomic E-state index is 10.7. The van der Waals surface area contributed by atoms with Crippen LogP contribution in [0.2, 0.25) is 0 Å². The van der Waals surface area contributed by atoms with Crippen molar-refractivity contribution in [3.63, 3.8) is 0 Å². The quantitative estimate of drug-likeness (QED) is 0.517. The van der Waals surface area contributed by atoms with Gasteiger partial charge >= 0.3 is 5.97 Å². The summed E-state index contributed by atoms with van der Waals surface area (Å²) in [6.45, 7) is 1.91. The van der Waals surface area contributed by atoms with Crippen molar-refractivity contribution in [2.45, 2.75) is 31.2 Å². The first-order chi connectivity index (χ1) is 5.13. The summed E-state index contributed by atoms with van der Waals surface area (Å²) in [6.07, 6.45) is 0.513. The van der Waals surface area contributed by atoms with Crippen LogP contribution in [0.15, 0.2) is 0 Å². The van der Waals surface area contributed by atoms with Gasteiger partial charge in [-0.3, -0.25) is 4.79 Å². The fourth-order valence-corrected chi connectivity index (χ4v) is 0.927. The lowest BCUT2D eigenvalue weighted by Gasteiger charge is -2.13. The van der Waals surface area contributed by atoms with E-state index in [0.717, 1.165) is 6.42 Å². The third kappa shape index (κ3) is 3.58. The van der Waals surface area contributed by atoms with Crippen molar-refractivity contribution in [1.82, 2.24) is 0 Å². The van der Waals surface area contributed by atoms with Crippen molar-refractivity contribution in [2.75, 3.05) is 7.11 Å². The largest absolute Gasteiger partial charge is 0.468 e. The van der Waals surface area contributed by atoms with Crippen LogP contribution in [-0.2, 0) is 9.53 Å². The fraction of sp³-hybridized carbons (Fsp3) is 0.857. The molecule has 0 amide bonds. The summed E-state index contributed by atoms with van der Waals surface area (Å²) in [5, 5.41) is 8.26. The number of aliphatic hydroxyl groups is 1. The molecular weight excluding hydrogens is 168 g/mol. The number of aliphatic hydroxyl groups excluding tert-OH is 1. The molecule has 0 unspecified atom stereocenters. The molecule has 0 aliphatic rings. The smallest absolute Gasteiger partial charge is 0.326 e. The minimum absolute atomic E-state index is 0.517. The van der Waals surface area contributed by atoms with Gasteiger partial charge in [0.2, 0.25) is 0 Å². The molecule has 0 aromatic carbocycles. The van der Waals surface area contributed by atoms with E-state index in [9.17, 15) is 9.90 Å². The Balaban J connectivity index is 3.80. The molecule has 0 fully saturated rings. The molecule has 0 heterocycles. The standard InChI is InChI=1S/C7H13ClO3/c1-3-4-5(9)6(8)7(10)11-2/h5-6,9H,3-4H2,1-2H3/t5-,6-/m1/s1. The lowest BCUT2D eigenvalue weighted by Crippen LogP contribution is -2.29. The van der Waals surface area contributed by atoms with E-state index in [0.29, 0.717) is 6.42 Å². The number of hydrogen-bond acceptors (Lipinski definition) is 3. The maximum absolute atomic E-state index is 10.7. The first kappa shape index (κ1) is 10.7.